The Morgan fingerprint density at radius 1 is 0.808 bits per heavy atom. The number of aromatic nitrogens is 4. The minimum Gasteiger partial charge on any atom is -0.324 e. The van der Waals surface area contributed by atoms with Crippen LogP contribution in [0.2, 0.25) is 0 Å². The van der Waals surface area contributed by atoms with Crippen LogP contribution in [0.1, 0.15) is 17.2 Å². The number of hydrogen-bond acceptors (Lipinski definition) is 4. The molecule has 1 unspecified atom stereocenters. The molecule has 1 heterocycles. The zero-order chi connectivity index (χ0) is 17.8. The van der Waals surface area contributed by atoms with Crippen molar-refractivity contribution in [1.82, 2.24) is 20.6 Å². The fourth-order valence-corrected chi connectivity index (χ4v) is 3.06. The van der Waals surface area contributed by atoms with Gasteiger partial charge in [-0.05, 0) is 46.0 Å². The molecular weight excluding hydrogens is 322 g/mol. The monoisotopic (exact) mass is 341 g/mol. The Hall–Kier alpha value is -3.31. The second kappa shape index (κ2) is 7.29. The highest BCUT2D eigenvalue weighted by Gasteiger charge is 2.10. The lowest BCUT2D eigenvalue weighted by atomic mass is 9.95. The van der Waals surface area contributed by atoms with E-state index in [4.69, 9.17) is 5.73 Å². The van der Waals surface area contributed by atoms with E-state index in [0.717, 1.165) is 28.7 Å². The average Bonchev–Trinajstić information content (AvgIpc) is 3.24. The third kappa shape index (κ3) is 3.53. The number of nitrogens with zero attached hydrogens (tertiary/aromatic N) is 3. The molecule has 128 valence electrons. The van der Waals surface area contributed by atoms with Gasteiger partial charge >= 0.3 is 0 Å². The van der Waals surface area contributed by atoms with Crippen LogP contribution >= 0.6 is 0 Å². The number of nitrogens with one attached hydrogen (secondary N) is 1. The average molecular weight is 341 g/mol. The van der Waals surface area contributed by atoms with E-state index in [1.54, 1.807) is 0 Å². The molecule has 0 radical (unpaired) electrons. The van der Waals surface area contributed by atoms with E-state index in [0.29, 0.717) is 5.82 Å². The molecule has 0 bridgehead atoms. The van der Waals surface area contributed by atoms with Gasteiger partial charge in [0.1, 0.15) is 0 Å². The van der Waals surface area contributed by atoms with Gasteiger partial charge in [0.05, 0.1) is 0 Å². The lowest BCUT2D eigenvalue weighted by Gasteiger charge is -2.14. The van der Waals surface area contributed by atoms with Crippen molar-refractivity contribution in [1.29, 1.82) is 0 Å². The van der Waals surface area contributed by atoms with E-state index in [1.807, 2.05) is 30.3 Å². The summed E-state index contributed by atoms with van der Waals surface area (Å²) in [4.78, 5) is 0. The third-order valence-electron chi connectivity index (χ3n) is 4.41. The molecule has 26 heavy (non-hydrogen) atoms. The Morgan fingerprint density at radius 2 is 1.54 bits per heavy atom. The first-order valence-corrected chi connectivity index (χ1v) is 8.53. The summed E-state index contributed by atoms with van der Waals surface area (Å²) in [7, 11) is 0. The second-order valence-electron chi connectivity index (χ2n) is 6.24. The maximum absolute atomic E-state index is 6.45. The zero-order valence-corrected chi connectivity index (χ0v) is 14.2. The van der Waals surface area contributed by atoms with Gasteiger partial charge in [-0.15, -0.1) is 10.2 Å². The molecule has 0 saturated heterocycles. The van der Waals surface area contributed by atoms with Crippen molar-refractivity contribution >= 4 is 0 Å². The molecule has 0 spiro atoms. The van der Waals surface area contributed by atoms with E-state index < -0.39 is 0 Å². The first kappa shape index (κ1) is 16.2. The van der Waals surface area contributed by atoms with Crippen LogP contribution in [0.5, 0.6) is 0 Å². The predicted octanol–water partition coefficient (Wildman–Crippen LogP) is 3.78. The molecule has 0 aliphatic rings. The van der Waals surface area contributed by atoms with Crippen molar-refractivity contribution in [3.8, 4) is 22.5 Å². The molecular formula is C21H19N5. The van der Waals surface area contributed by atoms with Crippen molar-refractivity contribution in [2.75, 3.05) is 0 Å². The molecule has 3 aromatic carbocycles. The van der Waals surface area contributed by atoms with Crippen LogP contribution in [-0.4, -0.2) is 20.6 Å². The summed E-state index contributed by atoms with van der Waals surface area (Å²) >= 11 is 0. The molecule has 1 aromatic heterocycles. The molecule has 5 nitrogen and oxygen atoms in total. The summed E-state index contributed by atoms with van der Waals surface area (Å²) < 4.78 is 0. The van der Waals surface area contributed by atoms with Crippen molar-refractivity contribution < 1.29 is 0 Å². The van der Waals surface area contributed by atoms with Crippen LogP contribution in [-0.2, 0) is 6.42 Å². The van der Waals surface area contributed by atoms with Crippen molar-refractivity contribution in [3.05, 3.63) is 90.0 Å². The fourth-order valence-electron chi connectivity index (χ4n) is 3.06. The van der Waals surface area contributed by atoms with Crippen LogP contribution in [0.4, 0.5) is 0 Å². The highest BCUT2D eigenvalue weighted by Crippen LogP contribution is 2.27. The molecule has 4 aromatic rings. The predicted molar refractivity (Wildman–Crippen MR) is 102 cm³/mol. The van der Waals surface area contributed by atoms with E-state index in [1.165, 1.54) is 5.56 Å². The van der Waals surface area contributed by atoms with E-state index in [-0.39, 0.29) is 6.04 Å². The highest BCUT2D eigenvalue weighted by molar-refractivity contribution is 5.70. The summed E-state index contributed by atoms with van der Waals surface area (Å²) in [5.74, 6) is 0.587. The van der Waals surface area contributed by atoms with Gasteiger partial charge in [0.25, 0.3) is 0 Å². The maximum Gasteiger partial charge on any atom is 0.204 e. The van der Waals surface area contributed by atoms with Gasteiger partial charge in [-0.3, -0.25) is 0 Å². The topological polar surface area (TPSA) is 80.5 Å². The molecule has 0 saturated carbocycles. The number of benzene rings is 3. The Kier molecular flexibility index (Phi) is 4.53. The molecule has 4 rings (SSSR count). The van der Waals surface area contributed by atoms with Gasteiger partial charge in [0, 0.05) is 11.6 Å². The lowest BCUT2D eigenvalue weighted by molar-refractivity contribution is 0.722. The number of rotatable bonds is 5. The highest BCUT2D eigenvalue weighted by atomic mass is 15.5. The normalized spacial score (nSPS) is 12.0. The molecule has 5 heteroatoms. The standard InChI is InChI=1S/C21H19N5/c22-20(12-15-6-2-1-3-7-15)18-10-4-8-16(13-18)17-9-5-11-19(14-17)21-23-25-26-24-21/h1-11,13-14,20H,12,22H2,(H,23,24,25,26). The number of nitrogens with two attached hydrogens (primary N) is 1. The van der Waals surface area contributed by atoms with E-state index in [9.17, 15) is 0 Å². The third-order valence-corrected chi connectivity index (χ3v) is 4.41. The quantitative estimate of drug-likeness (QED) is 0.579. The van der Waals surface area contributed by atoms with Crippen LogP contribution < -0.4 is 5.73 Å². The van der Waals surface area contributed by atoms with Crippen LogP contribution in [0.3, 0.4) is 0 Å². The molecule has 1 atom stereocenters. The molecule has 3 N–H and O–H groups in total. The van der Waals surface area contributed by atoms with Gasteiger partial charge in [-0.1, -0.05) is 66.7 Å². The molecule has 0 amide bonds. The van der Waals surface area contributed by atoms with Gasteiger partial charge in [0.15, 0.2) is 0 Å². The lowest BCUT2D eigenvalue weighted by Crippen LogP contribution is -2.13. The zero-order valence-electron chi connectivity index (χ0n) is 14.2. The second-order valence-corrected chi connectivity index (χ2v) is 6.24. The number of hydrogen-bond donors (Lipinski definition) is 2. The summed E-state index contributed by atoms with van der Waals surface area (Å²) in [5, 5.41) is 14.2. The first-order valence-electron chi connectivity index (χ1n) is 8.53. The Labute approximate surface area is 151 Å². The van der Waals surface area contributed by atoms with E-state index in [2.05, 4.69) is 69.2 Å². The Balaban J connectivity index is 1.61. The first-order chi connectivity index (χ1) is 12.8. The Bertz CT molecular complexity index is 980. The van der Waals surface area contributed by atoms with Gasteiger partial charge < -0.3 is 5.73 Å². The smallest absolute Gasteiger partial charge is 0.204 e. The number of aromatic amines is 1. The summed E-state index contributed by atoms with van der Waals surface area (Å²) in [6, 6.07) is 26.8. The number of H-pyrrole nitrogens is 1. The molecule has 0 fully saturated rings. The van der Waals surface area contributed by atoms with Crippen LogP contribution in [0.25, 0.3) is 22.5 Å². The SMILES string of the molecule is NC(Cc1ccccc1)c1cccc(-c2cccc(-c3nn[nH]n3)c2)c1. The number of tetrazole rings is 1. The summed E-state index contributed by atoms with van der Waals surface area (Å²) in [6.45, 7) is 0. The fraction of sp³-hybridized carbons (Fsp3) is 0.0952. The molecule has 0 aliphatic heterocycles. The minimum absolute atomic E-state index is 0.0438. The van der Waals surface area contributed by atoms with Crippen molar-refractivity contribution in [2.24, 2.45) is 5.73 Å². The summed E-state index contributed by atoms with van der Waals surface area (Å²) in [5.41, 5.74) is 12.0. The van der Waals surface area contributed by atoms with Crippen LogP contribution in [0.15, 0.2) is 78.9 Å². The summed E-state index contributed by atoms with van der Waals surface area (Å²) in [6.07, 6.45) is 0.813. The van der Waals surface area contributed by atoms with Crippen molar-refractivity contribution in [3.63, 3.8) is 0 Å². The van der Waals surface area contributed by atoms with Crippen LogP contribution in [0, 0.1) is 0 Å². The van der Waals surface area contributed by atoms with Gasteiger partial charge in [-0.2, -0.15) is 5.21 Å². The van der Waals surface area contributed by atoms with Gasteiger partial charge in [0.2, 0.25) is 5.82 Å². The maximum atomic E-state index is 6.45. The largest absolute Gasteiger partial charge is 0.324 e. The minimum atomic E-state index is -0.0438. The van der Waals surface area contributed by atoms with Crippen molar-refractivity contribution in [2.45, 2.75) is 12.5 Å². The van der Waals surface area contributed by atoms with Gasteiger partial charge in [-0.25, -0.2) is 0 Å². The van der Waals surface area contributed by atoms with E-state index >= 15 is 0 Å². The Morgan fingerprint density at radius 3 is 2.31 bits per heavy atom. The molecule has 0 aliphatic carbocycles.